The summed E-state index contributed by atoms with van der Waals surface area (Å²) in [7, 11) is -3.12. The van der Waals surface area contributed by atoms with E-state index in [0.29, 0.717) is 5.16 Å². The van der Waals surface area contributed by atoms with Crippen molar-refractivity contribution in [2.24, 2.45) is 0 Å². The van der Waals surface area contributed by atoms with Crippen molar-refractivity contribution in [1.82, 2.24) is 25.0 Å². The van der Waals surface area contributed by atoms with Gasteiger partial charge in [0.1, 0.15) is 6.33 Å². The van der Waals surface area contributed by atoms with E-state index in [1.165, 1.54) is 11.8 Å². The molecule has 4 rings (SSSR count). The van der Waals surface area contributed by atoms with Crippen molar-refractivity contribution in [3.63, 3.8) is 0 Å². The standard InChI is InChI=1S/C19H25N5O3S2/c1-14-4-6-15(7-5-14)24-13-20-22-19(24)28-10-18(25)21-16-11-29(26,27)12-17(16)23-8-2-3-9-23/h4-7,13,16-17H,2-3,8-12H2,1H3,(H,21,25). The number of carbonyl (C=O) groups is 1. The summed E-state index contributed by atoms with van der Waals surface area (Å²) in [4.78, 5) is 14.8. The topological polar surface area (TPSA) is 97.2 Å². The van der Waals surface area contributed by atoms with Crippen LogP contribution in [-0.4, -0.2) is 76.4 Å². The summed E-state index contributed by atoms with van der Waals surface area (Å²) in [5.74, 6) is 0.130. The first-order valence-electron chi connectivity index (χ1n) is 9.75. The number of rotatable bonds is 6. The van der Waals surface area contributed by atoms with Gasteiger partial charge in [0, 0.05) is 11.7 Å². The lowest BCUT2D eigenvalue weighted by Crippen LogP contribution is -2.50. The van der Waals surface area contributed by atoms with Gasteiger partial charge in [-0.05, 0) is 45.0 Å². The Hall–Kier alpha value is -1.91. The number of likely N-dealkylation sites (tertiary alicyclic amines) is 1. The molecule has 0 saturated carbocycles. The number of aryl methyl sites for hydroxylation is 1. The highest BCUT2D eigenvalue weighted by Gasteiger charge is 2.42. The van der Waals surface area contributed by atoms with Gasteiger partial charge in [-0.25, -0.2) is 8.42 Å². The van der Waals surface area contributed by atoms with Crippen molar-refractivity contribution in [3.8, 4) is 5.69 Å². The molecule has 2 fully saturated rings. The third kappa shape index (κ3) is 4.81. The number of sulfone groups is 1. The SMILES string of the molecule is Cc1ccc(-n2cnnc2SCC(=O)NC2CS(=O)(=O)CC2N2CCCC2)cc1. The Morgan fingerprint density at radius 2 is 1.93 bits per heavy atom. The monoisotopic (exact) mass is 435 g/mol. The van der Waals surface area contributed by atoms with Crippen molar-refractivity contribution in [2.45, 2.75) is 37.0 Å². The van der Waals surface area contributed by atoms with Crippen molar-refractivity contribution in [1.29, 1.82) is 0 Å². The second-order valence-corrected chi connectivity index (χ2v) is 10.8. The smallest absolute Gasteiger partial charge is 0.230 e. The number of nitrogens with zero attached hydrogens (tertiary/aromatic N) is 4. The Labute approximate surface area is 175 Å². The van der Waals surface area contributed by atoms with E-state index < -0.39 is 9.84 Å². The summed E-state index contributed by atoms with van der Waals surface area (Å²) in [6.45, 7) is 3.83. The molecule has 2 aliphatic rings. The van der Waals surface area contributed by atoms with Gasteiger partial charge in [-0.2, -0.15) is 0 Å². The van der Waals surface area contributed by atoms with Gasteiger partial charge in [0.05, 0.1) is 23.3 Å². The first-order valence-corrected chi connectivity index (χ1v) is 12.6. The van der Waals surface area contributed by atoms with Crippen molar-refractivity contribution >= 4 is 27.5 Å². The third-order valence-electron chi connectivity index (χ3n) is 5.44. The van der Waals surface area contributed by atoms with E-state index in [4.69, 9.17) is 0 Å². The minimum atomic E-state index is -3.12. The van der Waals surface area contributed by atoms with E-state index in [0.717, 1.165) is 37.2 Å². The van der Waals surface area contributed by atoms with E-state index in [1.807, 2.05) is 35.8 Å². The molecule has 2 aliphatic heterocycles. The van der Waals surface area contributed by atoms with Crippen LogP contribution in [0.15, 0.2) is 35.7 Å². The van der Waals surface area contributed by atoms with Gasteiger partial charge in [0.25, 0.3) is 0 Å². The number of carbonyl (C=O) groups excluding carboxylic acids is 1. The summed E-state index contributed by atoms with van der Waals surface area (Å²) in [6, 6.07) is 7.51. The molecule has 2 unspecified atom stereocenters. The fourth-order valence-electron chi connectivity index (χ4n) is 3.98. The van der Waals surface area contributed by atoms with Gasteiger partial charge >= 0.3 is 0 Å². The molecule has 0 bridgehead atoms. The Bertz CT molecular complexity index is 968. The highest BCUT2D eigenvalue weighted by molar-refractivity contribution is 7.99. The number of benzene rings is 1. The van der Waals surface area contributed by atoms with Gasteiger partial charge < -0.3 is 5.32 Å². The maximum atomic E-state index is 12.6. The highest BCUT2D eigenvalue weighted by atomic mass is 32.2. The highest BCUT2D eigenvalue weighted by Crippen LogP contribution is 2.24. The zero-order chi connectivity index (χ0) is 20.4. The molecule has 2 aromatic rings. The molecule has 2 atom stereocenters. The van der Waals surface area contributed by atoms with E-state index >= 15 is 0 Å². The number of amides is 1. The molecule has 1 amide bonds. The molecule has 3 heterocycles. The molecule has 156 valence electrons. The minimum absolute atomic E-state index is 0.0180. The van der Waals surface area contributed by atoms with Gasteiger partial charge in [0.2, 0.25) is 5.91 Å². The summed E-state index contributed by atoms with van der Waals surface area (Å²) in [5.41, 5.74) is 2.09. The van der Waals surface area contributed by atoms with Crippen LogP contribution in [0.2, 0.25) is 0 Å². The van der Waals surface area contributed by atoms with Crippen LogP contribution in [0.4, 0.5) is 0 Å². The van der Waals surface area contributed by atoms with Crippen LogP contribution in [-0.2, 0) is 14.6 Å². The predicted octanol–water partition coefficient (Wildman–Crippen LogP) is 1.05. The van der Waals surface area contributed by atoms with E-state index in [2.05, 4.69) is 20.4 Å². The number of thioether (sulfide) groups is 1. The largest absolute Gasteiger partial charge is 0.350 e. The lowest BCUT2D eigenvalue weighted by Gasteiger charge is -2.28. The van der Waals surface area contributed by atoms with E-state index in [1.54, 1.807) is 6.33 Å². The Morgan fingerprint density at radius 3 is 2.66 bits per heavy atom. The molecular formula is C19H25N5O3S2. The maximum absolute atomic E-state index is 12.6. The van der Waals surface area contributed by atoms with Gasteiger partial charge in [-0.3, -0.25) is 14.3 Å². The van der Waals surface area contributed by atoms with E-state index in [9.17, 15) is 13.2 Å². The van der Waals surface area contributed by atoms with Crippen molar-refractivity contribution in [2.75, 3.05) is 30.3 Å². The average Bonchev–Trinajstić information content (AvgIpc) is 3.40. The maximum Gasteiger partial charge on any atom is 0.230 e. The van der Waals surface area contributed by atoms with Gasteiger partial charge in [-0.15, -0.1) is 10.2 Å². The molecular weight excluding hydrogens is 410 g/mol. The molecule has 29 heavy (non-hydrogen) atoms. The average molecular weight is 436 g/mol. The van der Waals surface area contributed by atoms with Crippen LogP contribution >= 0.6 is 11.8 Å². The van der Waals surface area contributed by atoms with Crippen LogP contribution in [0.25, 0.3) is 5.69 Å². The third-order valence-corrected chi connectivity index (χ3v) is 8.10. The van der Waals surface area contributed by atoms with Crippen molar-refractivity contribution < 1.29 is 13.2 Å². The zero-order valence-corrected chi connectivity index (χ0v) is 18.0. The minimum Gasteiger partial charge on any atom is -0.350 e. The summed E-state index contributed by atoms with van der Waals surface area (Å²) < 4.78 is 26.1. The fourth-order valence-corrected chi connectivity index (χ4v) is 6.68. The second kappa shape index (κ2) is 8.45. The van der Waals surface area contributed by atoms with Gasteiger partial charge in [-0.1, -0.05) is 29.5 Å². The predicted molar refractivity (Wildman–Crippen MR) is 112 cm³/mol. The summed E-state index contributed by atoms with van der Waals surface area (Å²) >= 11 is 1.29. The normalized spacial score (nSPS) is 24.0. The Morgan fingerprint density at radius 1 is 1.21 bits per heavy atom. The van der Waals surface area contributed by atoms with Crippen LogP contribution in [0.1, 0.15) is 18.4 Å². The lowest BCUT2D eigenvalue weighted by atomic mass is 10.1. The van der Waals surface area contributed by atoms with E-state index in [-0.39, 0.29) is 35.2 Å². The molecule has 1 aromatic carbocycles. The number of hydrogen-bond donors (Lipinski definition) is 1. The zero-order valence-electron chi connectivity index (χ0n) is 16.3. The quantitative estimate of drug-likeness (QED) is 0.677. The summed E-state index contributed by atoms with van der Waals surface area (Å²) in [6.07, 6.45) is 3.79. The molecule has 0 radical (unpaired) electrons. The molecule has 1 aromatic heterocycles. The summed E-state index contributed by atoms with van der Waals surface area (Å²) in [5, 5.41) is 11.6. The fraction of sp³-hybridized carbons (Fsp3) is 0.526. The molecule has 0 aliphatic carbocycles. The number of aromatic nitrogens is 3. The number of hydrogen-bond acceptors (Lipinski definition) is 7. The van der Waals surface area contributed by atoms with Crippen LogP contribution in [0.5, 0.6) is 0 Å². The Balaban J connectivity index is 1.38. The second-order valence-electron chi connectivity index (χ2n) is 7.67. The molecule has 8 nitrogen and oxygen atoms in total. The van der Waals surface area contributed by atoms with Crippen LogP contribution in [0.3, 0.4) is 0 Å². The first-order chi connectivity index (χ1) is 13.9. The van der Waals surface area contributed by atoms with Crippen LogP contribution in [0, 0.1) is 6.92 Å². The molecule has 0 spiro atoms. The molecule has 10 heteroatoms. The van der Waals surface area contributed by atoms with Crippen molar-refractivity contribution in [3.05, 3.63) is 36.2 Å². The number of nitrogens with one attached hydrogen (secondary N) is 1. The Kier molecular flexibility index (Phi) is 5.93. The lowest BCUT2D eigenvalue weighted by molar-refractivity contribution is -0.119. The molecule has 2 saturated heterocycles. The molecule has 1 N–H and O–H groups in total. The first kappa shape index (κ1) is 20.4. The van der Waals surface area contributed by atoms with Gasteiger partial charge in [0.15, 0.2) is 15.0 Å². The van der Waals surface area contributed by atoms with Crippen LogP contribution < -0.4 is 5.32 Å².